The van der Waals surface area contributed by atoms with Gasteiger partial charge < -0.3 is 36.8 Å². The van der Waals surface area contributed by atoms with Crippen LogP contribution in [0.25, 0.3) is 11.4 Å². The minimum Gasteiger partial charge on any atom is -0.349 e. The summed E-state index contributed by atoms with van der Waals surface area (Å²) in [5.41, 5.74) is 8.48. The van der Waals surface area contributed by atoms with Crippen LogP contribution in [-0.4, -0.2) is 106 Å². The zero-order chi connectivity index (χ0) is 55.5. The molecule has 15 heteroatoms. The van der Waals surface area contributed by atoms with Gasteiger partial charge in [0.1, 0.15) is 0 Å². The topological polar surface area (TPSA) is 187 Å². The number of amides is 4. The summed E-state index contributed by atoms with van der Waals surface area (Å²) in [5.74, 6) is 5.06. The molecule has 2 aromatic heterocycles. The van der Waals surface area contributed by atoms with E-state index in [0.717, 1.165) is 85.7 Å². The molecule has 0 bridgehead atoms. The van der Waals surface area contributed by atoms with Gasteiger partial charge in [0, 0.05) is 109 Å². The summed E-state index contributed by atoms with van der Waals surface area (Å²) in [6.45, 7) is 5.43. The van der Waals surface area contributed by atoms with Crippen LogP contribution in [0.3, 0.4) is 0 Å². The maximum atomic E-state index is 12.7. The Labute approximate surface area is 477 Å². The van der Waals surface area contributed by atoms with Crippen LogP contribution >= 0.6 is 0 Å². The molecule has 6 N–H and O–H groups in total. The van der Waals surface area contributed by atoms with E-state index >= 15 is 0 Å². The van der Waals surface area contributed by atoms with Gasteiger partial charge in [-0.25, -0.2) is 9.97 Å². The molecule has 4 amide bonds. The summed E-state index contributed by atoms with van der Waals surface area (Å²) in [5, 5.41) is 24.1. The Hall–Kier alpha value is -7.07. The number of hydrogen-bond acceptors (Lipinski definition) is 10. The predicted molar refractivity (Wildman–Crippen MR) is 318 cm³/mol. The highest BCUT2D eigenvalue weighted by molar-refractivity contribution is 6.05. The molecule has 7 aliphatic carbocycles. The van der Waals surface area contributed by atoms with E-state index in [1.165, 1.54) is 107 Å². The lowest BCUT2D eigenvalue weighted by molar-refractivity contribution is -0.117. The molecule has 14 rings (SSSR count). The largest absolute Gasteiger partial charge is 0.349 e. The average molecular weight is 1090 g/mol. The summed E-state index contributed by atoms with van der Waals surface area (Å²) in [6, 6.07) is 35.9. The average Bonchev–Trinajstić information content (AvgIpc) is 4.33. The first-order valence-electron chi connectivity index (χ1n) is 30.2. The van der Waals surface area contributed by atoms with Crippen molar-refractivity contribution >= 4 is 35.5 Å². The second kappa shape index (κ2) is 26.7. The molecule has 0 unspecified atom stereocenters. The third-order valence-electron chi connectivity index (χ3n) is 17.1. The predicted octanol–water partition coefficient (Wildman–Crippen LogP) is 10.2. The van der Waals surface area contributed by atoms with Crippen molar-refractivity contribution in [1.29, 1.82) is 0 Å². The van der Waals surface area contributed by atoms with Gasteiger partial charge in [0.25, 0.3) is 17.7 Å². The molecule has 3 heterocycles. The molecule has 6 aromatic rings. The molecule has 6 atom stereocenters. The summed E-state index contributed by atoms with van der Waals surface area (Å²) in [4.78, 5) is 57.7. The van der Waals surface area contributed by atoms with Crippen LogP contribution in [0.15, 0.2) is 128 Å². The molecule has 0 radical (unpaired) electrons. The van der Waals surface area contributed by atoms with Crippen molar-refractivity contribution in [2.75, 3.05) is 43.4 Å². The van der Waals surface area contributed by atoms with Crippen molar-refractivity contribution in [1.82, 2.24) is 45.9 Å². The number of carbonyl (C=O) groups excluding carboxylic acids is 4. The van der Waals surface area contributed by atoms with Crippen LogP contribution in [0.2, 0.25) is 0 Å². The third-order valence-corrected chi connectivity index (χ3v) is 17.1. The van der Waals surface area contributed by atoms with Crippen molar-refractivity contribution in [2.24, 2.45) is 24.8 Å². The molecule has 81 heavy (non-hydrogen) atoms. The van der Waals surface area contributed by atoms with Gasteiger partial charge in [-0.15, -0.1) is 0 Å². The van der Waals surface area contributed by atoms with E-state index in [0.29, 0.717) is 58.9 Å². The highest BCUT2D eigenvalue weighted by atomic mass is 16.2. The Morgan fingerprint density at radius 3 is 1.42 bits per heavy atom. The van der Waals surface area contributed by atoms with Crippen LogP contribution in [-0.2, 0) is 11.8 Å². The second-order valence-corrected chi connectivity index (χ2v) is 24.0. The van der Waals surface area contributed by atoms with Crippen LogP contribution in [0.5, 0.6) is 0 Å². The first-order chi connectivity index (χ1) is 39.7. The number of hydrogen-bond donors (Lipinski definition) is 6. The lowest BCUT2D eigenvalue weighted by Crippen LogP contribution is -2.32. The monoisotopic (exact) mass is 1090 g/mol. The van der Waals surface area contributed by atoms with Gasteiger partial charge in [-0.3, -0.25) is 23.9 Å². The van der Waals surface area contributed by atoms with Crippen LogP contribution in [0, 0.1) is 17.8 Å². The number of rotatable bonds is 20. The van der Waals surface area contributed by atoms with Gasteiger partial charge >= 0.3 is 0 Å². The van der Waals surface area contributed by atoms with Gasteiger partial charge in [0.05, 0.1) is 11.9 Å². The molecule has 4 aromatic carbocycles. The van der Waals surface area contributed by atoms with Crippen LogP contribution in [0.1, 0.15) is 162 Å². The molecule has 1 aliphatic heterocycles. The first kappa shape index (κ1) is 55.8. The number of likely N-dealkylation sites (tertiary alicyclic amines) is 1. The minimum atomic E-state index is -0.0845. The van der Waals surface area contributed by atoms with Crippen molar-refractivity contribution in [3.8, 4) is 11.4 Å². The van der Waals surface area contributed by atoms with E-state index in [9.17, 15) is 19.2 Å². The summed E-state index contributed by atoms with van der Waals surface area (Å²) in [7, 11) is 1.83. The fourth-order valence-corrected chi connectivity index (χ4v) is 11.2. The summed E-state index contributed by atoms with van der Waals surface area (Å²) in [6.07, 6.45) is 26.9. The molecule has 8 aliphatic rings. The molecule has 8 fully saturated rings. The Balaban J connectivity index is 0.000000121. The molecule has 15 nitrogen and oxygen atoms in total. The second-order valence-electron chi connectivity index (χ2n) is 24.0. The lowest BCUT2D eigenvalue weighted by atomic mass is 10.1. The number of anilines is 2. The highest BCUT2D eigenvalue weighted by Gasteiger charge is 2.41. The first-order valence-corrected chi connectivity index (χ1v) is 30.2. The smallest absolute Gasteiger partial charge is 0.255 e. The normalized spacial score (nSPS) is 23.0. The van der Waals surface area contributed by atoms with E-state index in [4.69, 9.17) is 0 Å². The summed E-state index contributed by atoms with van der Waals surface area (Å²) < 4.78 is 1.67. The Kier molecular flexibility index (Phi) is 18.4. The van der Waals surface area contributed by atoms with Crippen molar-refractivity contribution in [3.63, 3.8) is 0 Å². The maximum absolute atomic E-state index is 12.7. The quantitative estimate of drug-likeness (QED) is 0.0402. The minimum absolute atomic E-state index is 0.0806. The fourth-order valence-electron chi connectivity index (χ4n) is 11.2. The molecule has 0 spiro atoms. The van der Waals surface area contributed by atoms with Crippen LogP contribution < -0.4 is 31.9 Å². The molecule has 7 saturated carbocycles. The summed E-state index contributed by atoms with van der Waals surface area (Å²) >= 11 is 0. The molecular weight excluding hydrogens is 1010 g/mol. The number of benzene rings is 4. The molecular formula is C66H81N11O4. The Morgan fingerprint density at radius 1 is 0.543 bits per heavy atom. The Morgan fingerprint density at radius 2 is 1.00 bits per heavy atom. The standard InChI is InChI=1S/C24H24N4O.C19H26N2O.C18H22N4O.C5H9NO/c29-24(28-20-9-7-17(8-10-20)23-25-11-2-12-26-23)19-4-1-3-18(13-19)21-14-22(21)27-15-16-5-6-16;22-19(21-16-6-1-2-7-16)15-5-3-4-14(10-15)17-11-18(17)20-12-13-8-9-13;1-22-11-15(10-20-22)21-18(23)14-4-2-3-13(7-14)16-8-17(16)19-9-12-5-6-12;7-5-6-3-1-2-4-6/h1-4,7-13,16,21-22,27H,5-6,14-15H2,(H,28,29);3-5,10,13,16-18,20H,1-2,6-9,11-12H2,(H,21,22);2-4,7,10-12,16-17,19H,5-6,8-9H2,1H3,(H,21,23);5H,1-4H2/t21-,22+;17-,18+;16-,17+;/m000./s1. The van der Waals surface area contributed by atoms with E-state index in [-0.39, 0.29) is 17.7 Å². The van der Waals surface area contributed by atoms with Gasteiger partial charge in [0.2, 0.25) is 6.41 Å². The van der Waals surface area contributed by atoms with Gasteiger partial charge in [-0.1, -0.05) is 49.2 Å². The zero-order valence-electron chi connectivity index (χ0n) is 47.0. The molecule has 424 valence electrons. The van der Waals surface area contributed by atoms with E-state index in [2.05, 4.69) is 71.2 Å². The fraction of sp³-hybridized carbons (Fsp3) is 0.470. The van der Waals surface area contributed by atoms with E-state index in [1.807, 2.05) is 79.8 Å². The SMILES string of the molecule is Cn1cc(NC(=O)c2cccc([C@@H]3C[C@H]3NCC3CC3)c2)cn1.O=C(NC1CCCC1)c1cccc([C@@H]2C[C@H]2NCC2CC2)c1.O=C(Nc1ccc(-c2ncccn2)cc1)c1cccc([C@@H]2C[C@H]2NCC2CC2)c1.O=CN1CCCC1. The number of carbonyl (C=O) groups is 4. The van der Waals surface area contributed by atoms with E-state index in [1.54, 1.807) is 40.4 Å². The Bertz CT molecular complexity index is 3050. The van der Waals surface area contributed by atoms with Crippen molar-refractivity contribution in [3.05, 3.63) is 161 Å². The van der Waals surface area contributed by atoms with Gasteiger partial charge in [-0.2, -0.15) is 5.10 Å². The lowest BCUT2D eigenvalue weighted by Gasteiger charge is -2.12. The maximum Gasteiger partial charge on any atom is 0.255 e. The zero-order valence-corrected chi connectivity index (χ0v) is 47.0. The number of aromatic nitrogens is 4. The highest BCUT2D eigenvalue weighted by Crippen LogP contribution is 2.44. The third kappa shape index (κ3) is 16.8. The molecule has 1 saturated heterocycles. The van der Waals surface area contributed by atoms with E-state index < -0.39 is 0 Å². The number of nitrogens with one attached hydrogen (secondary N) is 6. The number of nitrogens with zero attached hydrogens (tertiary/aromatic N) is 5. The van der Waals surface area contributed by atoms with Crippen LogP contribution in [0.4, 0.5) is 11.4 Å². The van der Waals surface area contributed by atoms with Crippen molar-refractivity contribution < 1.29 is 19.2 Å². The van der Waals surface area contributed by atoms with Crippen molar-refractivity contribution in [2.45, 2.75) is 138 Å². The van der Waals surface area contributed by atoms with Gasteiger partial charge in [-0.05, 0) is 204 Å². The number of aryl methyl sites for hydroxylation is 1. The van der Waals surface area contributed by atoms with Gasteiger partial charge in [0.15, 0.2) is 5.82 Å².